The summed E-state index contributed by atoms with van der Waals surface area (Å²) in [7, 11) is 0. The van der Waals surface area contributed by atoms with Gasteiger partial charge < -0.3 is 10.5 Å². The standard InChI is InChI=1S/C14H22N2OS/c1-10-16-9-12(18-10)13(15)11-4-7-17-14(8-11)5-2-3-6-14/h9,11,13H,2-8,15H2,1H3. The van der Waals surface area contributed by atoms with Crippen LogP contribution in [0, 0.1) is 12.8 Å². The van der Waals surface area contributed by atoms with Gasteiger partial charge in [0.2, 0.25) is 0 Å². The molecule has 3 rings (SSSR count). The molecular weight excluding hydrogens is 244 g/mol. The third-order valence-corrected chi connectivity index (χ3v) is 5.54. The number of rotatable bonds is 2. The summed E-state index contributed by atoms with van der Waals surface area (Å²) in [6.07, 6.45) is 9.31. The van der Waals surface area contributed by atoms with Crippen molar-refractivity contribution in [2.24, 2.45) is 11.7 Å². The maximum absolute atomic E-state index is 6.45. The van der Waals surface area contributed by atoms with Gasteiger partial charge in [-0.25, -0.2) is 4.98 Å². The first-order valence-corrected chi connectivity index (χ1v) is 7.82. The molecule has 3 nitrogen and oxygen atoms in total. The molecule has 0 amide bonds. The van der Waals surface area contributed by atoms with Crippen molar-refractivity contribution in [3.63, 3.8) is 0 Å². The van der Waals surface area contributed by atoms with Crippen molar-refractivity contribution in [3.05, 3.63) is 16.1 Å². The quantitative estimate of drug-likeness (QED) is 0.894. The van der Waals surface area contributed by atoms with E-state index in [1.807, 2.05) is 13.1 Å². The molecule has 1 aromatic heterocycles. The third kappa shape index (κ3) is 2.33. The predicted octanol–water partition coefficient (Wildman–Crippen LogP) is 3.19. The lowest BCUT2D eigenvalue weighted by Crippen LogP contribution is -2.40. The van der Waals surface area contributed by atoms with Crippen molar-refractivity contribution < 1.29 is 4.74 Å². The molecule has 1 aliphatic carbocycles. The fraction of sp³-hybridized carbons (Fsp3) is 0.786. The van der Waals surface area contributed by atoms with E-state index in [-0.39, 0.29) is 11.6 Å². The number of nitrogens with zero attached hydrogens (tertiary/aromatic N) is 1. The van der Waals surface area contributed by atoms with Crippen LogP contribution in [0.1, 0.15) is 54.5 Å². The van der Waals surface area contributed by atoms with Crippen LogP contribution in [0.3, 0.4) is 0 Å². The van der Waals surface area contributed by atoms with Crippen LogP contribution in [0.2, 0.25) is 0 Å². The maximum Gasteiger partial charge on any atom is 0.0897 e. The van der Waals surface area contributed by atoms with E-state index in [0.717, 1.165) is 24.5 Å². The fourth-order valence-corrected chi connectivity index (χ4v) is 4.38. The van der Waals surface area contributed by atoms with Crippen molar-refractivity contribution in [2.75, 3.05) is 6.61 Å². The Bertz CT molecular complexity index is 412. The van der Waals surface area contributed by atoms with Gasteiger partial charge in [0, 0.05) is 23.7 Å². The highest BCUT2D eigenvalue weighted by Crippen LogP contribution is 2.45. The average molecular weight is 266 g/mol. The first kappa shape index (κ1) is 12.6. The van der Waals surface area contributed by atoms with E-state index in [1.165, 1.54) is 30.6 Å². The Morgan fingerprint density at radius 3 is 2.94 bits per heavy atom. The molecule has 2 heterocycles. The molecule has 1 spiro atoms. The molecule has 1 aromatic rings. The van der Waals surface area contributed by atoms with Gasteiger partial charge in [0.1, 0.15) is 0 Å². The number of ether oxygens (including phenoxy) is 1. The van der Waals surface area contributed by atoms with E-state index >= 15 is 0 Å². The van der Waals surface area contributed by atoms with Gasteiger partial charge in [0.05, 0.1) is 10.6 Å². The first-order valence-electron chi connectivity index (χ1n) is 7.00. The van der Waals surface area contributed by atoms with Crippen LogP contribution in [-0.4, -0.2) is 17.2 Å². The van der Waals surface area contributed by atoms with E-state index in [1.54, 1.807) is 11.3 Å². The average Bonchev–Trinajstić information content (AvgIpc) is 2.98. The van der Waals surface area contributed by atoms with Gasteiger partial charge in [-0.05, 0) is 38.5 Å². The van der Waals surface area contributed by atoms with Crippen LogP contribution in [-0.2, 0) is 4.74 Å². The summed E-state index contributed by atoms with van der Waals surface area (Å²) in [5, 5.41) is 1.11. The Kier molecular flexibility index (Phi) is 3.43. The van der Waals surface area contributed by atoms with Gasteiger partial charge >= 0.3 is 0 Å². The summed E-state index contributed by atoms with van der Waals surface area (Å²) in [4.78, 5) is 5.57. The molecule has 18 heavy (non-hydrogen) atoms. The molecule has 1 saturated heterocycles. The molecule has 0 bridgehead atoms. The maximum atomic E-state index is 6.45. The van der Waals surface area contributed by atoms with Crippen LogP contribution >= 0.6 is 11.3 Å². The minimum atomic E-state index is 0.151. The molecular formula is C14H22N2OS. The molecule has 0 radical (unpaired) electrons. The molecule has 2 unspecified atom stereocenters. The van der Waals surface area contributed by atoms with Crippen molar-refractivity contribution in [1.82, 2.24) is 4.98 Å². The Morgan fingerprint density at radius 2 is 2.28 bits per heavy atom. The summed E-state index contributed by atoms with van der Waals surface area (Å²) in [5.74, 6) is 0.566. The van der Waals surface area contributed by atoms with E-state index in [2.05, 4.69) is 4.98 Å². The van der Waals surface area contributed by atoms with E-state index < -0.39 is 0 Å². The summed E-state index contributed by atoms with van der Waals surface area (Å²) < 4.78 is 6.08. The molecule has 100 valence electrons. The smallest absolute Gasteiger partial charge is 0.0897 e. The number of hydrogen-bond acceptors (Lipinski definition) is 4. The van der Waals surface area contributed by atoms with E-state index in [4.69, 9.17) is 10.5 Å². The number of thiazole rings is 1. The van der Waals surface area contributed by atoms with Gasteiger partial charge in [-0.15, -0.1) is 11.3 Å². The second-order valence-corrected chi connectivity index (χ2v) is 7.07. The number of aromatic nitrogens is 1. The Labute approximate surface area is 113 Å². The molecule has 4 heteroatoms. The van der Waals surface area contributed by atoms with Gasteiger partial charge in [-0.3, -0.25) is 0 Å². The Balaban J connectivity index is 1.72. The zero-order chi connectivity index (χ0) is 12.6. The van der Waals surface area contributed by atoms with Crippen LogP contribution in [0.5, 0.6) is 0 Å². The van der Waals surface area contributed by atoms with Crippen molar-refractivity contribution in [2.45, 2.75) is 57.1 Å². The molecule has 0 aromatic carbocycles. The monoisotopic (exact) mass is 266 g/mol. The second-order valence-electron chi connectivity index (χ2n) is 5.80. The molecule has 2 fully saturated rings. The van der Waals surface area contributed by atoms with Gasteiger partial charge in [-0.1, -0.05) is 12.8 Å². The van der Waals surface area contributed by atoms with Crippen molar-refractivity contribution >= 4 is 11.3 Å². The number of nitrogens with two attached hydrogens (primary N) is 1. The lowest BCUT2D eigenvalue weighted by Gasteiger charge is -2.40. The van der Waals surface area contributed by atoms with E-state index in [0.29, 0.717) is 5.92 Å². The summed E-state index contributed by atoms with van der Waals surface area (Å²) >= 11 is 1.74. The lowest BCUT2D eigenvalue weighted by atomic mass is 9.80. The molecule has 2 aliphatic rings. The highest BCUT2D eigenvalue weighted by atomic mass is 32.1. The highest BCUT2D eigenvalue weighted by molar-refractivity contribution is 7.11. The van der Waals surface area contributed by atoms with Gasteiger partial charge in [-0.2, -0.15) is 0 Å². The summed E-state index contributed by atoms with van der Waals surface area (Å²) in [6, 6.07) is 0.151. The molecule has 2 N–H and O–H groups in total. The van der Waals surface area contributed by atoms with Crippen LogP contribution in [0.4, 0.5) is 0 Å². The minimum Gasteiger partial charge on any atom is -0.375 e. The fourth-order valence-electron chi connectivity index (χ4n) is 3.50. The normalized spacial score (nSPS) is 28.7. The topological polar surface area (TPSA) is 48.1 Å². The first-order chi connectivity index (χ1) is 8.69. The number of hydrogen-bond donors (Lipinski definition) is 1. The lowest BCUT2D eigenvalue weighted by molar-refractivity contribution is -0.0962. The summed E-state index contributed by atoms with van der Waals surface area (Å²) in [6.45, 7) is 2.93. The van der Waals surface area contributed by atoms with Gasteiger partial charge in [0.25, 0.3) is 0 Å². The van der Waals surface area contributed by atoms with Crippen molar-refractivity contribution in [3.8, 4) is 0 Å². The van der Waals surface area contributed by atoms with E-state index in [9.17, 15) is 0 Å². The van der Waals surface area contributed by atoms with Crippen LogP contribution in [0.15, 0.2) is 6.20 Å². The third-order valence-electron chi connectivity index (χ3n) is 4.52. The second kappa shape index (κ2) is 4.91. The largest absolute Gasteiger partial charge is 0.375 e. The minimum absolute atomic E-state index is 0.151. The zero-order valence-corrected chi connectivity index (χ0v) is 11.8. The number of aryl methyl sites for hydroxylation is 1. The zero-order valence-electron chi connectivity index (χ0n) is 11.0. The molecule has 2 atom stereocenters. The van der Waals surface area contributed by atoms with Crippen LogP contribution < -0.4 is 5.73 Å². The van der Waals surface area contributed by atoms with Crippen molar-refractivity contribution in [1.29, 1.82) is 0 Å². The SMILES string of the molecule is Cc1ncc(C(N)C2CCOC3(CCCC3)C2)s1. The molecule has 1 aliphatic heterocycles. The van der Waals surface area contributed by atoms with Gasteiger partial charge in [0.15, 0.2) is 0 Å². The molecule has 1 saturated carbocycles. The summed E-state index contributed by atoms with van der Waals surface area (Å²) in [5.41, 5.74) is 6.62. The predicted molar refractivity (Wildman–Crippen MR) is 73.7 cm³/mol. The highest BCUT2D eigenvalue weighted by Gasteiger charge is 2.41. The Hall–Kier alpha value is -0.450. The Morgan fingerprint density at radius 1 is 1.50 bits per heavy atom. The van der Waals surface area contributed by atoms with Crippen LogP contribution in [0.25, 0.3) is 0 Å².